The summed E-state index contributed by atoms with van der Waals surface area (Å²) in [6.07, 6.45) is 11.6. The lowest BCUT2D eigenvalue weighted by Gasteiger charge is -2.26. The van der Waals surface area contributed by atoms with E-state index in [1.54, 1.807) is 0 Å². The van der Waals surface area contributed by atoms with E-state index in [0.29, 0.717) is 0 Å². The van der Waals surface area contributed by atoms with Gasteiger partial charge < -0.3 is 5.73 Å². The molecule has 2 saturated carbocycles. The van der Waals surface area contributed by atoms with Crippen LogP contribution in [0, 0.1) is 5.92 Å². The molecule has 0 aromatic carbocycles. The van der Waals surface area contributed by atoms with E-state index in [4.69, 9.17) is 5.73 Å². The molecule has 2 unspecified atom stereocenters. The summed E-state index contributed by atoms with van der Waals surface area (Å²) in [7, 11) is 0. The quantitative estimate of drug-likeness (QED) is 0.779. The van der Waals surface area contributed by atoms with Crippen molar-refractivity contribution in [2.24, 2.45) is 11.7 Å². The van der Waals surface area contributed by atoms with Gasteiger partial charge in [-0.2, -0.15) is 11.8 Å². The molecule has 2 heteroatoms. The molecule has 0 aromatic rings. The van der Waals surface area contributed by atoms with Gasteiger partial charge in [-0.15, -0.1) is 0 Å². The minimum atomic E-state index is 0.835. The molecule has 0 bridgehead atoms. The van der Waals surface area contributed by atoms with Gasteiger partial charge in [-0.1, -0.05) is 25.7 Å². The Morgan fingerprint density at radius 3 is 2.43 bits per heavy atom. The second-order valence-corrected chi connectivity index (χ2v) is 6.41. The Balaban J connectivity index is 1.77. The summed E-state index contributed by atoms with van der Waals surface area (Å²) in [6, 6.07) is 0. The van der Waals surface area contributed by atoms with Gasteiger partial charge in [-0.25, -0.2) is 0 Å². The Kier molecular flexibility index (Phi) is 4.18. The van der Waals surface area contributed by atoms with Crippen LogP contribution in [-0.4, -0.2) is 17.0 Å². The van der Waals surface area contributed by atoms with Crippen LogP contribution < -0.4 is 5.73 Å². The molecule has 2 rings (SSSR count). The fourth-order valence-corrected chi connectivity index (χ4v) is 4.77. The summed E-state index contributed by atoms with van der Waals surface area (Å²) in [6.45, 7) is 0.921. The topological polar surface area (TPSA) is 26.0 Å². The molecule has 2 N–H and O–H groups in total. The third-order valence-electron chi connectivity index (χ3n) is 3.81. The molecule has 0 radical (unpaired) electrons. The highest BCUT2D eigenvalue weighted by Gasteiger charge is 2.29. The van der Waals surface area contributed by atoms with Crippen molar-refractivity contribution in [1.29, 1.82) is 0 Å². The number of hydrogen-bond acceptors (Lipinski definition) is 2. The average molecular weight is 213 g/mol. The zero-order valence-corrected chi connectivity index (χ0v) is 9.90. The summed E-state index contributed by atoms with van der Waals surface area (Å²) >= 11 is 2.28. The summed E-state index contributed by atoms with van der Waals surface area (Å²) in [4.78, 5) is 0. The zero-order chi connectivity index (χ0) is 9.80. The molecule has 1 nitrogen and oxygen atoms in total. The maximum atomic E-state index is 5.82. The van der Waals surface area contributed by atoms with E-state index in [1.165, 1.54) is 51.4 Å². The lowest BCUT2D eigenvalue weighted by molar-refractivity contribution is 0.509. The van der Waals surface area contributed by atoms with Crippen molar-refractivity contribution in [3.8, 4) is 0 Å². The Labute approximate surface area is 92.2 Å². The molecule has 2 fully saturated rings. The SMILES string of the molecule is NCC1CCCC1SC1CCCCC1. The van der Waals surface area contributed by atoms with Gasteiger partial charge >= 0.3 is 0 Å². The Bertz CT molecular complexity index is 166. The van der Waals surface area contributed by atoms with E-state index >= 15 is 0 Å². The summed E-state index contributed by atoms with van der Waals surface area (Å²) < 4.78 is 0. The van der Waals surface area contributed by atoms with Crippen LogP contribution in [-0.2, 0) is 0 Å². The van der Waals surface area contributed by atoms with E-state index in [-0.39, 0.29) is 0 Å². The predicted molar refractivity (Wildman–Crippen MR) is 64.6 cm³/mol. The first-order valence-corrected chi connectivity index (χ1v) is 7.20. The van der Waals surface area contributed by atoms with Crippen LogP contribution >= 0.6 is 11.8 Å². The summed E-state index contributed by atoms with van der Waals surface area (Å²) in [5.41, 5.74) is 5.82. The lowest BCUT2D eigenvalue weighted by Crippen LogP contribution is -2.23. The molecular formula is C12H23NS. The third kappa shape index (κ3) is 2.66. The molecule has 82 valence electrons. The first kappa shape index (κ1) is 10.8. The molecule has 0 saturated heterocycles. The van der Waals surface area contributed by atoms with Crippen LogP contribution in [0.25, 0.3) is 0 Å². The van der Waals surface area contributed by atoms with Gasteiger partial charge in [0.2, 0.25) is 0 Å². The molecule has 0 aliphatic heterocycles. The van der Waals surface area contributed by atoms with Crippen LogP contribution in [0.2, 0.25) is 0 Å². The molecule has 0 amide bonds. The first-order valence-electron chi connectivity index (χ1n) is 6.25. The summed E-state index contributed by atoms with van der Waals surface area (Å²) in [5.74, 6) is 0.835. The Morgan fingerprint density at radius 1 is 0.929 bits per heavy atom. The fraction of sp³-hybridized carbons (Fsp3) is 1.00. The lowest BCUT2D eigenvalue weighted by atomic mass is 10.0. The van der Waals surface area contributed by atoms with Crippen LogP contribution in [0.4, 0.5) is 0 Å². The molecule has 2 atom stereocenters. The van der Waals surface area contributed by atoms with Gasteiger partial charge in [0.15, 0.2) is 0 Å². The van der Waals surface area contributed by atoms with Gasteiger partial charge in [-0.05, 0) is 38.1 Å². The number of hydrogen-bond donors (Lipinski definition) is 1. The first-order chi connectivity index (χ1) is 6.90. The van der Waals surface area contributed by atoms with Crippen molar-refractivity contribution in [1.82, 2.24) is 0 Å². The monoisotopic (exact) mass is 213 g/mol. The van der Waals surface area contributed by atoms with Crippen LogP contribution in [0.1, 0.15) is 51.4 Å². The van der Waals surface area contributed by atoms with Crippen molar-refractivity contribution in [2.75, 3.05) is 6.54 Å². The molecule has 2 aliphatic rings. The zero-order valence-electron chi connectivity index (χ0n) is 9.08. The van der Waals surface area contributed by atoms with Crippen molar-refractivity contribution in [3.05, 3.63) is 0 Å². The molecular weight excluding hydrogens is 190 g/mol. The van der Waals surface area contributed by atoms with Gasteiger partial charge in [-0.3, -0.25) is 0 Å². The number of thioether (sulfide) groups is 1. The van der Waals surface area contributed by atoms with E-state index in [9.17, 15) is 0 Å². The molecule has 0 spiro atoms. The highest BCUT2D eigenvalue weighted by molar-refractivity contribution is 8.00. The van der Waals surface area contributed by atoms with Crippen LogP contribution in [0.15, 0.2) is 0 Å². The number of nitrogens with two attached hydrogens (primary N) is 1. The molecule has 14 heavy (non-hydrogen) atoms. The standard InChI is InChI=1S/C12H23NS/c13-9-10-5-4-8-12(10)14-11-6-2-1-3-7-11/h10-12H,1-9,13H2. The number of rotatable bonds is 3. The van der Waals surface area contributed by atoms with Crippen molar-refractivity contribution in [3.63, 3.8) is 0 Å². The second-order valence-electron chi connectivity index (χ2n) is 4.86. The van der Waals surface area contributed by atoms with E-state index in [0.717, 1.165) is 23.0 Å². The fourth-order valence-electron chi connectivity index (χ4n) is 2.90. The van der Waals surface area contributed by atoms with Gasteiger partial charge in [0.25, 0.3) is 0 Å². The highest BCUT2D eigenvalue weighted by atomic mass is 32.2. The maximum Gasteiger partial charge on any atom is 0.00901 e. The normalized spacial score (nSPS) is 34.9. The maximum absolute atomic E-state index is 5.82. The largest absolute Gasteiger partial charge is 0.330 e. The Morgan fingerprint density at radius 2 is 1.71 bits per heavy atom. The molecule has 0 heterocycles. The smallest absolute Gasteiger partial charge is 0.00901 e. The highest BCUT2D eigenvalue weighted by Crippen LogP contribution is 2.40. The van der Waals surface area contributed by atoms with Crippen molar-refractivity contribution in [2.45, 2.75) is 61.9 Å². The van der Waals surface area contributed by atoms with Gasteiger partial charge in [0.1, 0.15) is 0 Å². The molecule has 0 aromatic heterocycles. The minimum absolute atomic E-state index is 0.835. The van der Waals surface area contributed by atoms with Gasteiger partial charge in [0, 0.05) is 10.5 Å². The summed E-state index contributed by atoms with van der Waals surface area (Å²) in [5, 5.41) is 1.88. The van der Waals surface area contributed by atoms with E-state index < -0.39 is 0 Å². The van der Waals surface area contributed by atoms with Gasteiger partial charge in [0.05, 0.1) is 0 Å². The predicted octanol–water partition coefficient (Wildman–Crippen LogP) is 3.18. The van der Waals surface area contributed by atoms with Crippen LogP contribution in [0.3, 0.4) is 0 Å². The Hall–Kier alpha value is 0.310. The molecule has 2 aliphatic carbocycles. The van der Waals surface area contributed by atoms with Crippen molar-refractivity contribution < 1.29 is 0 Å². The van der Waals surface area contributed by atoms with E-state index in [2.05, 4.69) is 11.8 Å². The second kappa shape index (κ2) is 5.41. The van der Waals surface area contributed by atoms with Crippen LogP contribution in [0.5, 0.6) is 0 Å². The van der Waals surface area contributed by atoms with Crippen molar-refractivity contribution >= 4 is 11.8 Å². The van der Waals surface area contributed by atoms with E-state index in [1.807, 2.05) is 0 Å². The average Bonchev–Trinajstić information content (AvgIpc) is 2.67. The third-order valence-corrected chi connectivity index (χ3v) is 5.64. The minimum Gasteiger partial charge on any atom is -0.330 e.